The van der Waals surface area contributed by atoms with Gasteiger partial charge in [0.05, 0.1) is 19.0 Å². The van der Waals surface area contributed by atoms with Crippen LogP contribution in [0.1, 0.15) is 24.0 Å². The van der Waals surface area contributed by atoms with E-state index in [2.05, 4.69) is 42.5 Å². The Morgan fingerprint density at radius 3 is 2.33 bits per heavy atom. The monoisotopic (exact) mass is 323 g/mol. The first-order chi connectivity index (χ1) is 11.7. The summed E-state index contributed by atoms with van der Waals surface area (Å²) >= 11 is 0. The SMILES string of the molecule is CN(Cc1ccccc1)C(=O)[C@@H]1CCC[NH+](Cc2ccccc2)C1. The predicted molar refractivity (Wildman–Crippen MR) is 96.5 cm³/mol. The molecule has 3 nitrogen and oxygen atoms in total. The lowest BCUT2D eigenvalue weighted by Gasteiger charge is -2.31. The smallest absolute Gasteiger partial charge is 0.231 e. The number of quaternary nitrogens is 1. The lowest BCUT2D eigenvalue weighted by atomic mass is 9.96. The first-order valence-electron chi connectivity index (χ1n) is 8.89. The van der Waals surface area contributed by atoms with Gasteiger partial charge in [0.2, 0.25) is 5.91 Å². The number of benzene rings is 2. The van der Waals surface area contributed by atoms with E-state index < -0.39 is 0 Å². The van der Waals surface area contributed by atoms with Crippen LogP contribution in [0.2, 0.25) is 0 Å². The van der Waals surface area contributed by atoms with Gasteiger partial charge < -0.3 is 9.80 Å². The van der Waals surface area contributed by atoms with Crippen LogP contribution in [-0.4, -0.2) is 30.9 Å². The topological polar surface area (TPSA) is 24.8 Å². The fraction of sp³-hybridized carbons (Fsp3) is 0.381. The molecule has 1 aliphatic heterocycles. The molecule has 1 amide bonds. The van der Waals surface area contributed by atoms with Crippen molar-refractivity contribution in [3.05, 3.63) is 71.8 Å². The van der Waals surface area contributed by atoms with E-state index in [1.807, 2.05) is 30.1 Å². The summed E-state index contributed by atoms with van der Waals surface area (Å²) in [7, 11) is 1.93. The zero-order valence-corrected chi connectivity index (χ0v) is 14.4. The van der Waals surface area contributed by atoms with Crippen LogP contribution in [-0.2, 0) is 17.9 Å². The van der Waals surface area contributed by atoms with Crippen molar-refractivity contribution < 1.29 is 9.69 Å². The molecule has 0 aliphatic carbocycles. The minimum Gasteiger partial charge on any atom is -0.341 e. The molecule has 0 spiro atoms. The quantitative estimate of drug-likeness (QED) is 0.896. The molecule has 2 aromatic carbocycles. The number of hydrogen-bond acceptors (Lipinski definition) is 1. The summed E-state index contributed by atoms with van der Waals surface area (Å²) in [6.45, 7) is 3.84. The second kappa shape index (κ2) is 8.11. The van der Waals surface area contributed by atoms with Gasteiger partial charge in [0.1, 0.15) is 6.54 Å². The maximum atomic E-state index is 12.8. The van der Waals surface area contributed by atoms with Gasteiger partial charge in [-0.25, -0.2) is 0 Å². The second-order valence-electron chi connectivity index (χ2n) is 6.89. The van der Waals surface area contributed by atoms with Crippen LogP contribution in [0.15, 0.2) is 60.7 Å². The van der Waals surface area contributed by atoms with E-state index in [4.69, 9.17) is 0 Å². The van der Waals surface area contributed by atoms with Crippen molar-refractivity contribution in [2.75, 3.05) is 20.1 Å². The Morgan fingerprint density at radius 1 is 1.04 bits per heavy atom. The number of carbonyl (C=O) groups is 1. The van der Waals surface area contributed by atoms with Crippen molar-refractivity contribution in [3.8, 4) is 0 Å². The molecule has 0 aromatic heterocycles. The van der Waals surface area contributed by atoms with Gasteiger partial charge in [0, 0.05) is 19.2 Å². The van der Waals surface area contributed by atoms with E-state index in [1.54, 1.807) is 0 Å². The average Bonchev–Trinajstić information content (AvgIpc) is 2.63. The molecule has 2 aromatic rings. The molecule has 1 aliphatic rings. The molecule has 1 fully saturated rings. The second-order valence-corrected chi connectivity index (χ2v) is 6.89. The summed E-state index contributed by atoms with van der Waals surface area (Å²) in [6, 6.07) is 20.8. The maximum Gasteiger partial charge on any atom is 0.231 e. The lowest BCUT2D eigenvalue weighted by molar-refractivity contribution is -0.921. The maximum absolute atomic E-state index is 12.8. The van der Waals surface area contributed by atoms with Crippen molar-refractivity contribution in [2.24, 2.45) is 5.92 Å². The molecular weight excluding hydrogens is 296 g/mol. The van der Waals surface area contributed by atoms with E-state index in [1.165, 1.54) is 22.6 Å². The third-order valence-electron chi connectivity index (χ3n) is 4.90. The number of likely N-dealkylation sites (tertiary alicyclic amines) is 1. The third kappa shape index (κ3) is 4.45. The molecule has 24 heavy (non-hydrogen) atoms. The van der Waals surface area contributed by atoms with E-state index in [9.17, 15) is 4.79 Å². The summed E-state index contributed by atoms with van der Waals surface area (Å²) in [6.07, 6.45) is 2.16. The highest BCUT2D eigenvalue weighted by Crippen LogP contribution is 2.13. The summed E-state index contributed by atoms with van der Waals surface area (Å²) in [5, 5.41) is 0. The number of piperidine rings is 1. The Balaban J connectivity index is 1.56. The number of nitrogens with zero attached hydrogens (tertiary/aromatic N) is 1. The van der Waals surface area contributed by atoms with Crippen LogP contribution in [0.5, 0.6) is 0 Å². The van der Waals surface area contributed by atoms with Crippen molar-refractivity contribution in [1.82, 2.24) is 4.90 Å². The van der Waals surface area contributed by atoms with Gasteiger partial charge in [-0.1, -0.05) is 60.7 Å². The number of carbonyl (C=O) groups excluding carboxylic acids is 1. The lowest BCUT2D eigenvalue weighted by Crippen LogP contribution is -3.12. The first-order valence-corrected chi connectivity index (χ1v) is 8.89. The summed E-state index contributed by atoms with van der Waals surface area (Å²) in [5.74, 6) is 0.454. The van der Waals surface area contributed by atoms with Crippen molar-refractivity contribution in [1.29, 1.82) is 0 Å². The molecule has 1 unspecified atom stereocenters. The van der Waals surface area contributed by atoms with E-state index in [0.717, 1.165) is 25.9 Å². The predicted octanol–water partition coefficient (Wildman–Crippen LogP) is 2.14. The Kier molecular flexibility index (Phi) is 5.65. The van der Waals surface area contributed by atoms with Gasteiger partial charge in [-0.3, -0.25) is 4.79 Å². The molecule has 1 heterocycles. The minimum absolute atomic E-state index is 0.158. The highest BCUT2D eigenvalue weighted by Gasteiger charge is 2.30. The number of amides is 1. The van der Waals surface area contributed by atoms with Gasteiger partial charge in [-0.2, -0.15) is 0 Å². The number of hydrogen-bond donors (Lipinski definition) is 1. The van der Waals surface area contributed by atoms with Crippen LogP contribution in [0.25, 0.3) is 0 Å². The Hall–Kier alpha value is -2.13. The van der Waals surface area contributed by atoms with Crippen LogP contribution in [0.4, 0.5) is 0 Å². The van der Waals surface area contributed by atoms with Crippen LogP contribution >= 0.6 is 0 Å². The van der Waals surface area contributed by atoms with Crippen LogP contribution in [0, 0.1) is 5.92 Å². The Morgan fingerprint density at radius 2 is 1.67 bits per heavy atom. The largest absolute Gasteiger partial charge is 0.341 e. The average molecular weight is 323 g/mol. The van der Waals surface area contributed by atoms with Gasteiger partial charge in [0.15, 0.2) is 0 Å². The molecule has 0 radical (unpaired) electrons. The molecule has 2 atom stereocenters. The molecule has 0 saturated carbocycles. The van der Waals surface area contributed by atoms with E-state index in [0.29, 0.717) is 12.5 Å². The highest BCUT2D eigenvalue weighted by atomic mass is 16.2. The summed E-state index contributed by atoms with van der Waals surface area (Å²) in [4.78, 5) is 16.2. The molecule has 126 valence electrons. The van der Waals surface area contributed by atoms with Gasteiger partial charge in [-0.15, -0.1) is 0 Å². The number of rotatable bonds is 5. The molecule has 3 rings (SSSR count). The summed E-state index contributed by atoms with van der Waals surface area (Å²) in [5.41, 5.74) is 2.55. The normalized spacial score (nSPS) is 20.5. The van der Waals surface area contributed by atoms with E-state index in [-0.39, 0.29) is 5.92 Å². The van der Waals surface area contributed by atoms with Gasteiger partial charge in [-0.05, 0) is 18.4 Å². The fourth-order valence-corrected chi connectivity index (χ4v) is 3.65. The third-order valence-corrected chi connectivity index (χ3v) is 4.90. The Bertz CT molecular complexity index is 641. The molecule has 1 saturated heterocycles. The van der Waals surface area contributed by atoms with Crippen LogP contribution < -0.4 is 4.90 Å². The van der Waals surface area contributed by atoms with Crippen molar-refractivity contribution in [3.63, 3.8) is 0 Å². The van der Waals surface area contributed by atoms with Crippen molar-refractivity contribution >= 4 is 5.91 Å². The zero-order chi connectivity index (χ0) is 16.8. The summed E-state index contributed by atoms with van der Waals surface area (Å²) < 4.78 is 0. The molecule has 1 N–H and O–H groups in total. The van der Waals surface area contributed by atoms with Gasteiger partial charge in [0.25, 0.3) is 0 Å². The molecular formula is C21H27N2O+. The fourth-order valence-electron chi connectivity index (χ4n) is 3.65. The number of nitrogens with one attached hydrogen (secondary N) is 1. The zero-order valence-electron chi connectivity index (χ0n) is 14.4. The Labute approximate surface area is 144 Å². The van der Waals surface area contributed by atoms with Gasteiger partial charge >= 0.3 is 0 Å². The molecule has 0 bridgehead atoms. The van der Waals surface area contributed by atoms with Crippen molar-refractivity contribution in [2.45, 2.75) is 25.9 Å². The molecule has 3 heteroatoms. The first kappa shape index (κ1) is 16.7. The highest BCUT2D eigenvalue weighted by molar-refractivity contribution is 5.78. The standard InChI is InChI=1S/C21H26N2O/c1-22(15-18-9-4-2-5-10-18)21(24)20-13-8-14-23(17-20)16-19-11-6-3-7-12-19/h2-7,9-12,20H,8,13-17H2,1H3/p+1/t20-/m1/s1. The minimum atomic E-state index is 0.158. The van der Waals surface area contributed by atoms with E-state index >= 15 is 0 Å². The van der Waals surface area contributed by atoms with Crippen LogP contribution in [0.3, 0.4) is 0 Å².